The number of sulfonamides is 1. The number of rotatable bonds is 8. The van der Waals surface area contributed by atoms with Crippen LogP contribution in [-0.2, 0) is 14.8 Å². The first-order chi connectivity index (χ1) is 14.4. The van der Waals surface area contributed by atoms with Gasteiger partial charge in [-0.15, -0.1) is 0 Å². The monoisotopic (exact) mass is 466 g/mol. The number of aryl methyl sites for hydroxylation is 3. The van der Waals surface area contributed by atoms with Crippen molar-refractivity contribution in [3.05, 3.63) is 57.6 Å². The van der Waals surface area contributed by atoms with E-state index in [0.29, 0.717) is 17.9 Å². The van der Waals surface area contributed by atoms with Crippen LogP contribution in [0.15, 0.2) is 30.3 Å². The highest BCUT2D eigenvalue weighted by molar-refractivity contribution is 7.92. The topological polar surface area (TPSA) is 75.7 Å². The van der Waals surface area contributed by atoms with Gasteiger partial charge in [-0.25, -0.2) is 8.42 Å². The second-order valence-corrected chi connectivity index (χ2v) is 10.1. The van der Waals surface area contributed by atoms with Crippen molar-refractivity contribution in [3.63, 3.8) is 0 Å². The fourth-order valence-electron chi connectivity index (χ4n) is 3.69. The summed E-state index contributed by atoms with van der Waals surface area (Å²) in [5, 5.41) is 3.26. The molecule has 0 bridgehead atoms. The minimum atomic E-state index is -3.76. The molecule has 170 valence electrons. The Bertz CT molecular complexity index is 1070. The third kappa shape index (κ3) is 5.71. The van der Waals surface area contributed by atoms with Crippen molar-refractivity contribution in [1.82, 2.24) is 5.32 Å². The largest absolute Gasteiger partial charge is 0.495 e. The molecular formula is C23H31ClN2O4S. The lowest BCUT2D eigenvalue weighted by Crippen LogP contribution is -2.49. The Labute approximate surface area is 190 Å². The maximum absolute atomic E-state index is 13.2. The summed E-state index contributed by atoms with van der Waals surface area (Å²) in [4.78, 5) is 13.2. The maximum atomic E-state index is 13.2. The van der Waals surface area contributed by atoms with Crippen LogP contribution in [0.4, 0.5) is 5.69 Å². The third-order valence-electron chi connectivity index (χ3n) is 5.43. The number of ether oxygens (including phenoxy) is 1. The highest BCUT2D eigenvalue weighted by Crippen LogP contribution is 2.32. The Kier molecular flexibility index (Phi) is 8.00. The van der Waals surface area contributed by atoms with Crippen LogP contribution in [0.2, 0.25) is 5.02 Å². The van der Waals surface area contributed by atoms with E-state index in [0.717, 1.165) is 27.3 Å². The van der Waals surface area contributed by atoms with E-state index < -0.39 is 16.1 Å². The fourth-order valence-corrected chi connectivity index (χ4v) is 5.14. The smallest absolute Gasteiger partial charge is 0.244 e. The second kappa shape index (κ2) is 9.92. The van der Waals surface area contributed by atoms with Gasteiger partial charge in [-0.2, -0.15) is 0 Å². The van der Waals surface area contributed by atoms with Gasteiger partial charge in [0.2, 0.25) is 15.9 Å². The molecule has 0 fully saturated rings. The number of benzene rings is 2. The SMILES string of the molecule is CCC(C(=O)NC(C)c1cc(C)c(C)cc1C)N(c1ccc(OC)c(Cl)c1)S(C)(=O)=O. The third-order valence-corrected chi connectivity index (χ3v) is 6.90. The van der Waals surface area contributed by atoms with Crippen LogP contribution in [0.25, 0.3) is 0 Å². The molecule has 2 aromatic rings. The number of amides is 1. The van der Waals surface area contributed by atoms with Crippen LogP contribution in [0.1, 0.15) is 48.6 Å². The van der Waals surface area contributed by atoms with Gasteiger partial charge in [-0.1, -0.05) is 30.7 Å². The lowest BCUT2D eigenvalue weighted by atomic mass is 9.96. The van der Waals surface area contributed by atoms with E-state index in [-0.39, 0.29) is 17.0 Å². The van der Waals surface area contributed by atoms with Crippen molar-refractivity contribution in [2.45, 2.75) is 53.1 Å². The quantitative estimate of drug-likeness (QED) is 0.612. The highest BCUT2D eigenvalue weighted by atomic mass is 35.5. The highest BCUT2D eigenvalue weighted by Gasteiger charge is 2.32. The lowest BCUT2D eigenvalue weighted by molar-refractivity contribution is -0.122. The van der Waals surface area contributed by atoms with Gasteiger partial charge in [0, 0.05) is 0 Å². The number of methoxy groups -OCH3 is 1. The summed E-state index contributed by atoms with van der Waals surface area (Å²) in [6.07, 6.45) is 1.37. The zero-order valence-electron chi connectivity index (χ0n) is 19.1. The molecule has 0 spiro atoms. The van der Waals surface area contributed by atoms with Crippen LogP contribution < -0.4 is 14.4 Å². The number of carbonyl (C=O) groups excluding carboxylic acids is 1. The molecule has 1 N–H and O–H groups in total. The summed E-state index contributed by atoms with van der Waals surface area (Å²) < 4.78 is 31.6. The van der Waals surface area contributed by atoms with E-state index in [2.05, 4.69) is 17.4 Å². The van der Waals surface area contributed by atoms with Gasteiger partial charge in [0.15, 0.2) is 0 Å². The fraction of sp³-hybridized carbons (Fsp3) is 0.435. The molecule has 2 aromatic carbocycles. The molecule has 0 saturated heterocycles. The standard InChI is InChI=1S/C23H31ClN2O4S/c1-8-21(23(27)25-17(5)19-12-15(3)14(2)11-16(19)4)26(31(7,28)29)18-9-10-22(30-6)20(24)13-18/h9-13,17,21H,8H2,1-7H3,(H,25,27). The van der Waals surface area contributed by atoms with E-state index in [1.54, 1.807) is 19.1 Å². The average molecular weight is 467 g/mol. The molecule has 0 aliphatic carbocycles. The minimum absolute atomic E-state index is 0.267. The number of halogens is 1. The average Bonchev–Trinajstić information content (AvgIpc) is 2.67. The molecule has 8 heteroatoms. The number of nitrogens with one attached hydrogen (secondary N) is 1. The first kappa shape index (κ1) is 25.0. The van der Waals surface area contributed by atoms with Gasteiger partial charge < -0.3 is 10.1 Å². The predicted octanol–water partition coefficient (Wildman–Crippen LogP) is 4.70. The van der Waals surface area contributed by atoms with Gasteiger partial charge >= 0.3 is 0 Å². The molecule has 2 atom stereocenters. The Balaban J connectivity index is 2.39. The normalized spacial score (nSPS) is 13.4. The maximum Gasteiger partial charge on any atom is 0.244 e. The lowest BCUT2D eigenvalue weighted by Gasteiger charge is -2.31. The molecule has 0 heterocycles. The Morgan fingerprint density at radius 1 is 1.13 bits per heavy atom. The molecule has 0 aromatic heterocycles. The van der Waals surface area contributed by atoms with Gasteiger partial charge in [0.1, 0.15) is 11.8 Å². The zero-order valence-corrected chi connectivity index (χ0v) is 20.7. The first-order valence-electron chi connectivity index (χ1n) is 10.1. The van der Waals surface area contributed by atoms with Gasteiger partial charge in [0.05, 0.1) is 30.1 Å². The van der Waals surface area contributed by atoms with Crippen molar-refractivity contribution >= 4 is 33.2 Å². The summed E-state index contributed by atoms with van der Waals surface area (Å²) in [6.45, 7) is 9.76. The van der Waals surface area contributed by atoms with Crippen molar-refractivity contribution in [2.75, 3.05) is 17.7 Å². The molecule has 0 aliphatic heterocycles. The summed E-state index contributed by atoms with van der Waals surface area (Å²) in [6, 6.07) is 7.62. The van der Waals surface area contributed by atoms with E-state index in [4.69, 9.17) is 16.3 Å². The number of hydrogen-bond donors (Lipinski definition) is 1. The van der Waals surface area contributed by atoms with Gasteiger partial charge in [-0.3, -0.25) is 9.10 Å². The van der Waals surface area contributed by atoms with Crippen LogP contribution in [0, 0.1) is 20.8 Å². The molecule has 6 nitrogen and oxygen atoms in total. The molecular weight excluding hydrogens is 436 g/mol. The zero-order chi connectivity index (χ0) is 23.5. The first-order valence-corrected chi connectivity index (χ1v) is 12.3. The number of carbonyl (C=O) groups is 1. The van der Waals surface area contributed by atoms with Crippen LogP contribution in [-0.4, -0.2) is 33.7 Å². The van der Waals surface area contributed by atoms with E-state index in [9.17, 15) is 13.2 Å². The van der Waals surface area contributed by atoms with E-state index in [1.807, 2.05) is 27.7 Å². The number of nitrogens with zero attached hydrogens (tertiary/aromatic N) is 1. The van der Waals surface area contributed by atoms with Crippen molar-refractivity contribution < 1.29 is 17.9 Å². The number of anilines is 1. The summed E-state index contributed by atoms with van der Waals surface area (Å²) in [5.74, 6) is 0.0557. The summed E-state index contributed by atoms with van der Waals surface area (Å²) >= 11 is 6.21. The Hall–Kier alpha value is -2.25. The van der Waals surface area contributed by atoms with Crippen LogP contribution in [0.3, 0.4) is 0 Å². The number of hydrogen-bond acceptors (Lipinski definition) is 4. The van der Waals surface area contributed by atoms with Crippen molar-refractivity contribution in [2.24, 2.45) is 0 Å². The molecule has 0 aliphatic rings. The molecule has 31 heavy (non-hydrogen) atoms. The Morgan fingerprint density at radius 2 is 1.74 bits per heavy atom. The van der Waals surface area contributed by atoms with Crippen molar-refractivity contribution in [3.8, 4) is 5.75 Å². The minimum Gasteiger partial charge on any atom is -0.495 e. The van der Waals surface area contributed by atoms with E-state index in [1.165, 1.54) is 18.7 Å². The molecule has 1 amide bonds. The Morgan fingerprint density at radius 3 is 2.26 bits per heavy atom. The predicted molar refractivity (Wildman–Crippen MR) is 127 cm³/mol. The molecule has 2 unspecified atom stereocenters. The van der Waals surface area contributed by atoms with Gasteiger partial charge in [0.25, 0.3) is 0 Å². The van der Waals surface area contributed by atoms with Crippen LogP contribution >= 0.6 is 11.6 Å². The molecule has 0 saturated carbocycles. The van der Waals surface area contributed by atoms with Crippen LogP contribution in [0.5, 0.6) is 5.75 Å². The summed E-state index contributed by atoms with van der Waals surface area (Å²) in [5.41, 5.74) is 4.71. The second-order valence-electron chi connectivity index (χ2n) is 7.83. The summed E-state index contributed by atoms with van der Waals surface area (Å²) in [7, 11) is -2.28. The van der Waals surface area contributed by atoms with E-state index >= 15 is 0 Å². The molecule has 2 rings (SSSR count). The van der Waals surface area contributed by atoms with Crippen molar-refractivity contribution in [1.29, 1.82) is 0 Å². The van der Waals surface area contributed by atoms with Gasteiger partial charge in [-0.05, 0) is 74.6 Å². The molecule has 0 radical (unpaired) electrons.